The fourth-order valence-corrected chi connectivity index (χ4v) is 1.95. The Bertz CT molecular complexity index is 677. The van der Waals surface area contributed by atoms with E-state index in [1.54, 1.807) is 30.3 Å². The maximum absolute atomic E-state index is 10.9. The molecule has 0 amide bonds. The van der Waals surface area contributed by atoms with E-state index in [0.29, 0.717) is 21.5 Å². The van der Waals surface area contributed by atoms with E-state index >= 15 is 0 Å². The van der Waals surface area contributed by atoms with Crippen LogP contribution in [0.25, 0.3) is 0 Å². The zero-order valence-corrected chi connectivity index (χ0v) is 11.2. The van der Waals surface area contributed by atoms with E-state index in [1.807, 2.05) is 6.07 Å². The second-order valence-corrected chi connectivity index (χ2v) is 4.51. The zero-order valence-electron chi connectivity index (χ0n) is 9.63. The molecule has 0 spiro atoms. The lowest BCUT2D eigenvalue weighted by atomic mass is 10.2. The largest absolute Gasteiger partial charge is 0.478 e. The minimum atomic E-state index is -1.03. The van der Waals surface area contributed by atoms with Gasteiger partial charge in [0.25, 0.3) is 0 Å². The summed E-state index contributed by atoms with van der Waals surface area (Å²) < 4.78 is 6.18. The van der Waals surface area contributed by atoms with Crippen LogP contribution in [-0.2, 0) is 0 Å². The molecular weight excluding hydrogens is 310 g/mol. The Balaban J connectivity index is 2.37. The number of rotatable bonds is 3. The first-order valence-corrected chi connectivity index (χ1v) is 6.11. The predicted molar refractivity (Wildman–Crippen MR) is 72.3 cm³/mol. The van der Waals surface area contributed by atoms with Crippen molar-refractivity contribution in [3.63, 3.8) is 0 Å². The molecule has 0 aliphatic rings. The minimum absolute atomic E-state index is 0.131. The molecule has 5 heteroatoms. The van der Waals surface area contributed by atoms with E-state index in [0.717, 1.165) is 0 Å². The molecule has 2 aromatic rings. The molecule has 0 atom stereocenters. The highest BCUT2D eigenvalue weighted by atomic mass is 79.9. The van der Waals surface area contributed by atoms with Crippen LogP contribution in [0.2, 0.25) is 0 Å². The summed E-state index contributed by atoms with van der Waals surface area (Å²) in [7, 11) is 0. The summed E-state index contributed by atoms with van der Waals surface area (Å²) in [5, 5.41) is 18.0. The molecule has 4 nitrogen and oxygen atoms in total. The molecule has 19 heavy (non-hydrogen) atoms. The standard InChI is InChI=1S/C14H8BrNO3/c15-12-5-2-6-13(11(12)8-16)19-10-4-1-3-9(7-10)14(17)18/h1-7H,(H,17,18). The Kier molecular flexibility index (Phi) is 3.83. The average molecular weight is 318 g/mol. The lowest BCUT2D eigenvalue weighted by Crippen LogP contribution is -1.96. The normalized spacial score (nSPS) is 9.68. The fourth-order valence-electron chi connectivity index (χ4n) is 1.52. The molecule has 0 fully saturated rings. The number of aromatic carboxylic acids is 1. The lowest BCUT2D eigenvalue weighted by Gasteiger charge is -2.08. The summed E-state index contributed by atoms with van der Waals surface area (Å²) in [6.45, 7) is 0. The minimum Gasteiger partial charge on any atom is -0.478 e. The topological polar surface area (TPSA) is 70.3 Å². The second kappa shape index (κ2) is 5.55. The van der Waals surface area contributed by atoms with Gasteiger partial charge < -0.3 is 9.84 Å². The van der Waals surface area contributed by atoms with Gasteiger partial charge in [-0.25, -0.2) is 4.79 Å². The van der Waals surface area contributed by atoms with Crippen molar-refractivity contribution in [3.8, 4) is 17.6 Å². The van der Waals surface area contributed by atoms with Gasteiger partial charge in [0.15, 0.2) is 0 Å². The van der Waals surface area contributed by atoms with E-state index in [2.05, 4.69) is 15.9 Å². The van der Waals surface area contributed by atoms with Gasteiger partial charge in [-0.1, -0.05) is 12.1 Å². The van der Waals surface area contributed by atoms with E-state index < -0.39 is 5.97 Å². The molecule has 2 aromatic carbocycles. The molecule has 0 unspecified atom stereocenters. The summed E-state index contributed by atoms with van der Waals surface area (Å²) in [4.78, 5) is 10.9. The molecule has 2 rings (SSSR count). The van der Waals surface area contributed by atoms with Crippen LogP contribution in [0.5, 0.6) is 11.5 Å². The van der Waals surface area contributed by atoms with Crippen LogP contribution in [0.4, 0.5) is 0 Å². The van der Waals surface area contributed by atoms with Crippen molar-refractivity contribution in [2.45, 2.75) is 0 Å². The predicted octanol–water partition coefficient (Wildman–Crippen LogP) is 3.81. The molecule has 0 aromatic heterocycles. The number of hydrogen-bond acceptors (Lipinski definition) is 3. The van der Waals surface area contributed by atoms with Gasteiger partial charge >= 0.3 is 5.97 Å². The highest BCUT2D eigenvalue weighted by Crippen LogP contribution is 2.30. The van der Waals surface area contributed by atoms with Crippen LogP contribution < -0.4 is 4.74 Å². The van der Waals surface area contributed by atoms with E-state index in [1.165, 1.54) is 12.1 Å². The van der Waals surface area contributed by atoms with Crippen LogP contribution in [0, 0.1) is 11.3 Å². The maximum atomic E-state index is 10.9. The molecule has 1 N–H and O–H groups in total. The SMILES string of the molecule is N#Cc1c(Br)cccc1Oc1cccc(C(=O)O)c1. The fraction of sp³-hybridized carbons (Fsp3) is 0. The second-order valence-electron chi connectivity index (χ2n) is 3.66. The van der Waals surface area contributed by atoms with E-state index in [9.17, 15) is 4.79 Å². The van der Waals surface area contributed by atoms with Crippen molar-refractivity contribution in [3.05, 3.63) is 58.1 Å². The zero-order chi connectivity index (χ0) is 13.8. The summed E-state index contributed by atoms with van der Waals surface area (Å²) in [5.74, 6) is -0.283. The van der Waals surface area contributed by atoms with Crippen LogP contribution in [0.1, 0.15) is 15.9 Å². The first kappa shape index (κ1) is 13.1. The highest BCUT2D eigenvalue weighted by Gasteiger charge is 2.09. The van der Waals surface area contributed by atoms with Crippen molar-refractivity contribution >= 4 is 21.9 Å². The van der Waals surface area contributed by atoms with Gasteiger partial charge in [-0.15, -0.1) is 0 Å². The van der Waals surface area contributed by atoms with Crippen molar-refractivity contribution < 1.29 is 14.6 Å². The monoisotopic (exact) mass is 317 g/mol. The molecule has 94 valence electrons. The number of carboxylic acid groups (broad SMARTS) is 1. The van der Waals surface area contributed by atoms with Gasteiger partial charge in [0.1, 0.15) is 23.1 Å². The molecule has 0 heterocycles. The van der Waals surface area contributed by atoms with Gasteiger partial charge in [0.05, 0.1) is 5.56 Å². The number of nitriles is 1. The van der Waals surface area contributed by atoms with Crippen LogP contribution in [0.15, 0.2) is 46.9 Å². The first-order chi connectivity index (χ1) is 9.11. The van der Waals surface area contributed by atoms with Crippen molar-refractivity contribution in [1.82, 2.24) is 0 Å². The molecule has 0 radical (unpaired) electrons. The van der Waals surface area contributed by atoms with Gasteiger partial charge in [-0.2, -0.15) is 5.26 Å². The number of hydrogen-bond donors (Lipinski definition) is 1. The van der Waals surface area contributed by atoms with E-state index in [-0.39, 0.29) is 5.56 Å². The number of ether oxygens (including phenoxy) is 1. The van der Waals surface area contributed by atoms with Crippen LogP contribution >= 0.6 is 15.9 Å². The van der Waals surface area contributed by atoms with Crippen LogP contribution in [-0.4, -0.2) is 11.1 Å². The Morgan fingerprint density at radius 2 is 2.00 bits per heavy atom. The summed E-state index contributed by atoms with van der Waals surface area (Å²) in [6.07, 6.45) is 0. The Morgan fingerprint density at radius 1 is 1.26 bits per heavy atom. The molecule has 0 saturated heterocycles. The van der Waals surface area contributed by atoms with Gasteiger partial charge in [0, 0.05) is 4.47 Å². The summed E-state index contributed by atoms with van der Waals surface area (Å²) >= 11 is 3.26. The Hall–Kier alpha value is -2.32. The number of halogens is 1. The summed E-state index contributed by atoms with van der Waals surface area (Å²) in [6, 6.07) is 13.3. The molecule has 0 saturated carbocycles. The maximum Gasteiger partial charge on any atom is 0.335 e. The first-order valence-electron chi connectivity index (χ1n) is 5.31. The highest BCUT2D eigenvalue weighted by molar-refractivity contribution is 9.10. The number of carbonyl (C=O) groups is 1. The van der Waals surface area contributed by atoms with Crippen molar-refractivity contribution in [2.24, 2.45) is 0 Å². The third-order valence-electron chi connectivity index (χ3n) is 2.40. The van der Waals surface area contributed by atoms with Crippen molar-refractivity contribution in [2.75, 3.05) is 0 Å². The molecule has 0 aliphatic carbocycles. The number of nitrogens with zero attached hydrogens (tertiary/aromatic N) is 1. The van der Waals surface area contributed by atoms with Gasteiger partial charge in [-0.05, 0) is 46.3 Å². The van der Waals surface area contributed by atoms with Crippen LogP contribution in [0.3, 0.4) is 0 Å². The number of benzene rings is 2. The summed E-state index contributed by atoms with van der Waals surface area (Å²) in [5.41, 5.74) is 0.495. The third-order valence-corrected chi connectivity index (χ3v) is 3.06. The molecule has 0 aliphatic heterocycles. The average Bonchev–Trinajstić information content (AvgIpc) is 2.39. The Labute approximate surface area is 118 Å². The van der Waals surface area contributed by atoms with Crippen molar-refractivity contribution in [1.29, 1.82) is 5.26 Å². The van der Waals surface area contributed by atoms with Gasteiger partial charge in [-0.3, -0.25) is 0 Å². The smallest absolute Gasteiger partial charge is 0.335 e. The third kappa shape index (κ3) is 2.92. The quantitative estimate of drug-likeness (QED) is 0.934. The Morgan fingerprint density at radius 3 is 2.68 bits per heavy atom. The number of carboxylic acids is 1. The van der Waals surface area contributed by atoms with E-state index in [4.69, 9.17) is 15.1 Å². The van der Waals surface area contributed by atoms with Gasteiger partial charge in [0.2, 0.25) is 0 Å². The molecular formula is C14H8BrNO3. The lowest BCUT2D eigenvalue weighted by molar-refractivity contribution is 0.0696. The molecule has 0 bridgehead atoms.